The standard InChI is InChI=1S/C25H21N5O2/c1-14-26-25-28-24(32)22-20(16-10-6-3-7-11-16)21-18(27-23(22)30(25)29-14)12-17(13-19(21)31)15-8-4-2-5-9-15/h2-11,17,20,27H,12-13H2,1H3,(H,26,28,29,32)/t17-,20-/m0/s1. The van der Waals surface area contributed by atoms with Crippen LogP contribution in [0.5, 0.6) is 0 Å². The zero-order valence-electron chi connectivity index (χ0n) is 17.5. The van der Waals surface area contributed by atoms with Crippen LogP contribution in [0, 0.1) is 6.92 Å². The van der Waals surface area contributed by atoms with Crippen LogP contribution >= 0.6 is 0 Å². The number of fused-ring (bicyclic) bond motifs is 3. The zero-order chi connectivity index (χ0) is 21.8. The molecule has 0 fully saturated rings. The molecule has 3 heterocycles. The van der Waals surface area contributed by atoms with Crippen molar-refractivity contribution in [1.29, 1.82) is 0 Å². The molecule has 32 heavy (non-hydrogen) atoms. The molecule has 0 saturated heterocycles. The monoisotopic (exact) mass is 423 g/mol. The normalized spacial score (nSPS) is 20.1. The molecule has 7 heteroatoms. The van der Waals surface area contributed by atoms with Crippen molar-refractivity contribution in [2.75, 3.05) is 5.32 Å². The summed E-state index contributed by atoms with van der Waals surface area (Å²) in [5.74, 6) is 1.23. The van der Waals surface area contributed by atoms with Crippen molar-refractivity contribution in [3.05, 3.63) is 105 Å². The first kappa shape index (κ1) is 18.7. The molecule has 1 aliphatic carbocycles. The van der Waals surface area contributed by atoms with Gasteiger partial charge in [0.2, 0.25) is 5.78 Å². The lowest BCUT2D eigenvalue weighted by Crippen LogP contribution is -2.35. The smallest absolute Gasteiger partial charge is 0.258 e. The van der Waals surface area contributed by atoms with E-state index in [1.807, 2.05) is 48.5 Å². The van der Waals surface area contributed by atoms with E-state index in [2.05, 4.69) is 32.5 Å². The Labute approximate surface area is 183 Å². The number of aromatic amines is 1. The fourth-order valence-electron chi connectivity index (χ4n) is 5.04. The van der Waals surface area contributed by atoms with E-state index in [1.165, 1.54) is 0 Å². The van der Waals surface area contributed by atoms with E-state index in [0.29, 0.717) is 41.4 Å². The molecule has 2 aromatic heterocycles. The molecule has 0 bridgehead atoms. The van der Waals surface area contributed by atoms with Crippen molar-refractivity contribution in [3.8, 4) is 0 Å². The summed E-state index contributed by atoms with van der Waals surface area (Å²) in [4.78, 5) is 33.9. The first-order valence-corrected chi connectivity index (χ1v) is 10.7. The Morgan fingerprint density at radius 3 is 2.34 bits per heavy atom. The minimum Gasteiger partial charge on any atom is -0.343 e. The summed E-state index contributed by atoms with van der Waals surface area (Å²) >= 11 is 0. The number of Topliss-reactive ketones (excluding diaryl/α,β-unsaturated/α-hetero) is 1. The Hall–Kier alpha value is -4.00. The number of rotatable bonds is 2. The van der Waals surface area contributed by atoms with Gasteiger partial charge in [0, 0.05) is 23.6 Å². The number of aromatic nitrogens is 4. The molecule has 2 N–H and O–H groups in total. The first-order chi connectivity index (χ1) is 15.6. The van der Waals surface area contributed by atoms with E-state index in [9.17, 15) is 9.59 Å². The van der Waals surface area contributed by atoms with Crippen LogP contribution in [0.25, 0.3) is 5.78 Å². The number of hydrogen-bond acceptors (Lipinski definition) is 5. The first-order valence-electron chi connectivity index (χ1n) is 10.7. The van der Waals surface area contributed by atoms with Gasteiger partial charge in [-0.3, -0.25) is 14.6 Å². The third-order valence-corrected chi connectivity index (χ3v) is 6.41. The van der Waals surface area contributed by atoms with Crippen LogP contribution in [0.15, 0.2) is 76.7 Å². The Bertz CT molecular complexity index is 1450. The van der Waals surface area contributed by atoms with Crippen LogP contribution in [-0.4, -0.2) is 25.4 Å². The average molecular weight is 423 g/mol. The van der Waals surface area contributed by atoms with E-state index in [-0.39, 0.29) is 17.3 Å². The van der Waals surface area contributed by atoms with Gasteiger partial charge < -0.3 is 5.32 Å². The number of nitrogens with zero attached hydrogens (tertiary/aromatic N) is 3. The van der Waals surface area contributed by atoms with Gasteiger partial charge in [0.25, 0.3) is 5.56 Å². The fraction of sp³-hybridized carbons (Fsp3) is 0.200. The van der Waals surface area contributed by atoms with Gasteiger partial charge in [0.1, 0.15) is 11.6 Å². The Balaban J connectivity index is 1.59. The SMILES string of the molecule is Cc1nc2[nH]c(=O)c3c(n2n1)NC1=C(C(=O)C[C@@H](c2ccccc2)C1)[C@@H]3c1ccccc1. The summed E-state index contributed by atoms with van der Waals surface area (Å²) in [6.07, 6.45) is 1.11. The number of anilines is 1. The number of ketones is 1. The third kappa shape index (κ3) is 2.81. The molecule has 2 atom stereocenters. The minimum absolute atomic E-state index is 0.0707. The number of H-pyrrole nitrogens is 1. The van der Waals surface area contributed by atoms with Crippen LogP contribution in [0.2, 0.25) is 0 Å². The lowest BCUT2D eigenvalue weighted by Gasteiger charge is -2.36. The molecule has 0 spiro atoms. The van der Waals surface area contributed by atoms with Crippen molar-refractivity contribution >= 4 is 17.4 Å². The van der Waals surface area contributed by atoms with E-state index >= 15 is 0 Å². The second-order valence-electron chi connectivity index (χ2n) is 8.41. The number of carbonyl (C=O) groups excluding carboxylic acids is 1. The zero-order valence-corrected chi connectivity index (χ0v) is 17.5. The van der Waals surface area contributed by atoms with Crippen LogP contribution in [0.4, 0.5) is 5.82 Å². The van der Waals surface area contributed by atoms with E-state index in [0.717, 1.165) is 16.8 Å². The van der Waals surface area contributed by atoms with Gasteiger partial charge in [-0.2, -0.15) is 9.50 Å². The van der Waals surface area contributed by atoms with Crippen molar-refractivity contribution in [2.45, 2.75) is 31.6 Å². The van der Waals surface area contributed by atoms with Crippen LogP contribution in [0.3, 0.4) is 0 Å². The highest BCUT2D eigenvalue weighted by molar-refractivity contribution is 6.01. The number of aryl methyl sites for hydroxylation is 1. The second-order valence-corrected chi connectivity index (χ2v) is 8.41. The third-order valence-electron chi connectivity index (χ3n) is 6.41. The summed E-state index contributed by atoms with van der Waals surface area (Å²) in [5, 5.41) is 7.92. The van der Waals surface area contributed by atoms with Gasteiger partial charge in [-0.15, -0.1) is 5.10 Å². The van der Waals surface area contributed by atoms with Gasteiger partial charge in [0.05, 0.1) is 5.56 Å². The molecule has 2 aliphatic rings. The molecular formula is C25H21N5O2. The van der Waals surface area contributed by atoms with Crippen LogP contribution in [0.1, 0.15) is 47.2 Å². The molecule has 0 unspecified atom stereocenters. The quantitative estimate of drug-likeness (QED) is 0.513. The highest BCUT2D eigenvalue weighted by atomic mass is 16.1. The van der Waals surface area contributed by atoms with Gasteiger partial charge in [-0.1, -0.05) is 60.7 Å². The molecule has 0 radical (unpaired) electrons. The predicted molar refractivity (Wildman–Crippen MR) is 121 cm³/mol. The molecular weight excluding hydrogens is 402 g/mol. The average Bonchev–Trinajstić information content (AvgIpc) is 3.19. The summed E-state index contributed by atoms with van der Waals surface area (Å²) < 4.78 is 1.64. The lowest BCUT2D eigenvalue weighted by atomic mass is 9.72. The molecule has 6 rings (SSSR count). The molecule has 158 valence electrons. The Kier molecular flexibility index (Phi) is 4.11. The maximum atomic E-state index is 13.5. The molecule has 0 saturated carbocycles. The number of carbonyl (C=O) groups is 1. The highest BCUT2D eigenvalue weighted by Gasteiger charge is 2.40. The van der Waals surface area contributed by atoms with Gasteiger partial charge in [-0.25, -0.2) is 0 Å². The summed E-state index contributed by atoms with van der Waals surface area (Å²) in [6, 6.07) is 19.9. The molecule has 0 amide bonds. The Morgan fingerprint density at radius 2 is 1.62 bits per heavy atom. The van der Waals surface area contributed by atoms with E-state index < -0.39 is 5.92 Å². The minimum atomic E-state index is -0.454. The molecule has 4 aromatic rings. The van der Waals surface area contributed by atoms with Crippen molar-refractivity contribution < 1.29 is 4.79 Å². The molecule has 1 aliphatic heterocycles. The van der Waals surface area contributed by atoms with Crippen LogP contribution < -0.4 is 10.9 Å². The topological polar surface area (TPSA) is 92.2 Å². The summed E-state index contributed by atoms with van der Waals surface area (Å²) in [7, 11) is 0. The largest absolute Gasteiger partial charge is 0.343 e. The van der Waals surface area contributed by atoms with E-state index in [4.69, 9.17) is 0 Å². The highest BCUT2D eigenvalue weighted by Crippen LogP contribution is 2.46. The molecule has 2 aromatic carbocycles. The summed E-state index contributed by atoms with van der Waals surface area (Å²) in [5.41, 5.74) is 3.83. The lowest BCUT2D eigenvalue weighted by molar-refractivity contribution is -0.116. The van der Waals surface area contributed by atoms with Crippen molar-refractivity contribution in [1.82, 2.24) is 19.6 Å². The summed E-state index contributed by atoms with van der Waals surface area (Å²) in [6.45, 7) is 1.79. The van der Waals surface area contributed by atoms with Crippen LogP contribution in [-0.2, 0) is 4.79 Å². The van der Waals surface area contributed by atoms with E-state index in [1.54, 1.807) is 11.4 Å². The fourth-order valence-corrected chi connectivity index (χ4v) is 5.04. The van der Waals surface area contributed by atoms with Gasteiger partial charge in [0.15, 0.2) is 5.78 Å². The molecule has 7 nitrogen and oxygen atoms in total. The number of allylic oxidation sites excluding steroid dienone is 2. The van der Waals surface area contributed by atoms with Crippen molar-refractivity contribution in [3.63, 3.8) is 0 Å². The number of benzene rings is 2. The maximum absolute atomic E-state index is 13.5. The number of hydrogen-bond donors (Lipinski definition) is 2. The second kappa shape index (κ2) is 7.02. The number of nitrogens with one attached hydrogen (secondary N) is 2. The maximum Gasteiger partial charge on any atom is 0.258 e. The van der Waals surface area contributed by atoms with Gasteiger partial charge in [-0.05, 0) is 30.4 Å². The van der Waals surface area contributed by atoms with Crippen molar-refractivity contribution in [2.24, 2.45) is 0 Å². The Morgan fingerprint density at radius 1 is 0.938 bits per heavy atom. The predicted octanol–water partition coefficient (Wildman–Crippen LogP) is 3.68. The van der Waals surface area contributed by atoms with Gasteiger partial charge >= 0.3 is 0 Å².